The van der Waals surface area contributed by atoms with Crippen molar-refractivity contribution in [2.75, 3.05) is 6.54 Å². The summed E-state index contributed by atoms with van der Waals surface area (Å²) in [6.07, 6.45) is 2.72. The van der Waals surface area contributed by atoms with Crippen molar-refractivity contribution in [2.45, 2.75) is 18.9 Å². The molecular formula is C15H14FN3O3. The number of aromatic nitrogens is 2. The van der Waals surface area contributed by atoms with Crippen LogP contribution in [0.3, 0.4) is 0 Å². The summed E-state index contributed by atoms with van der Waals surface area (Å²) in [5, 5.41) is 13.3. The highest BCUT2D eigenvalue weighted by atomic mass is 19.1. The topological polar surface area (TPSA) is 75.4 Å². The number of halogens is 1. The predicted octanol–water partition coefficient (Wildman–Crippen LogP) is 1.70. The lowest BCUT2D eigenvalue weighted by Gasteiger charge is -2.20. The van der Waals surface area contributed by atoms with Crippen LogP contribution in [0.15, 0.2) is 36.5 Å². The Kier molecular flexibility index (Phi) is 3.62. The zero-order valence-corrected chi connectivity index (χ0v) is 11.6. The van der Waals surface area contributed by atoms with E-state index in [0.717, 1.165) is 0 Å². The lowest BCUT2D eigenvalue weighted by Crippen LogP contribution is -2.40. The number of hydrogen-bond acceptors (Lipinski definition) is 3. The van der Waals surface area contributed by atoms with Crippen LogP contribution in [0.4, 0.5) is 4.39 Å². The van der Waals surface area contributed by atoms with Crippen LogP contribution in [-0.2, 0) is 4.79 Å². The third kappa shape index (κ3) is 2.57. The summed E-state index contributed by atoms with van der Waals surface area (Å²) < 4.78 is 14.4. The molecule has 2 heterocycles. The largest absolute Gasteiger partial charge is 0.480 e. The lowest BCUT2D eigenvalue weighted by molar-refractivity contribution is -0.141. The maximum atomic E-state index is 12.9. The Bertz CT molecular complexity index is 711. The summed E-state index contributed by atoms with van der Waals surface area (Å²) in [5.74, 6) is -1.75. The molecule has 0 saturated carbocycles. The number of carbonyl (C=O) groups excluding carboxylic acids is 1. The third-order valence-corrected chi connectivity index (χ3v) is 3.70. The van der Waals surface area contributed by atoms with E-state index in [2.05, 4.69) is 5.10 Å². The van der Waals surface area contributed by atoms with E-state index in [1.807, 2.05) is 0 Å². The smallest absolute Gasteiger partial charge is 0.326 e. The van der Waals surface area contributed by atoms with Gasteiger partial charge in [-0.05, 0) is 43.2 Å². The Labute approximate surface area is 125 Å². The van der Waals surface area contributed by atoms with Crippen molar-refractivity contribution in [3.05, 3.63) is 48.0 Å². The second kappa shape index (κ2) is 5.59. The van der Waals surface area contributed by atoms with Crippen LogP contribution in [0, 0.1) is 5.82 Å². The van der Waals surface area contributed by atoms with Gasteiger partial charge in [0.1, 0.15) is 11.9 Å². The molecule has 1 atom stereocenters. The molecule has 1 saturated heterocycles. The molecule has 0 aliphatic carbocycles. The van der Waals surface area contributed by atoms with Crippen molar-refractivity contribution in [3.8, 4) is 5.69 Å². The highest BCUT2D eigenvalue weighted by molar-refractivity contribution is 5.95. The van der Waals surface area contributed by atoms with E-state index in [1.165, 1.54) is 27.8 Å². The fourth-order valence-corrected chi connectivity index (χ4v) is 2.59. The molecule has 3 rings (SSSR count). The molecule has 1 fully saturated rings. The Hall–Kier alpha value is -2.70. The van der Waals surface area contributed by atoms with Gasteiger partial charge in [-0.1, -0.05) is 0 Å². The molecule has 1 amide bonds. The summed E-state index contributed by atoms with van der Waals surface area (Å²) in [5.41, 5.74) is 0.800. The molecule has 1 aromatic carbocycles. The van der Waals surface area contributed by atoms with Crippen molar-refractivity contribution in [2.24, 2.45) is 0 Å². The lowest BCUT2D eigenvalue weighted by atomic mass is 10.2. The van der Waals surface area contributed by atoms with Gasteiger partial charge in [-0.3, -0.25) is 4.79 Å². The predicted molar refractivity (Wildman–Crippen MR) is 75.2 cm³/mol. The second-order valence-corrected chi connectivity index (χ2v) is 5.12. The van der Waals surface area contributed by atoms with Gasteiger partial charge >= 0.3 is 5.97 Å². The number of carbonyl (C=O) groups is 2. The molecule has 0 radical (unpaired) electrons. The number of nitrogens with zero attached hydrogens (tertiary/aromatic N) is 3. The molecule has 0 spiro atoms. The first-order valence-corrected chi connectivity index (χ1v) is 6.91. The average Bonchev–Trinajstić information content (AvgIpc) is 3.17. The van der Waals surface area contributed by atoms with Gasteiger partial charge in [0.05, 0.1) is 5.69 Å². The van der Waals surface area contributed by atoms with E-state index >= 15 is 0 Å². The molecule has 7 heteroatoms. The molecule has 114 valence electrons. The summed E-state index contributed by atoms with van der Waals surface area (Å²) in [6.45, 7) is 0.416. The number of hydrogen-bond donors (Lipinski definition) is 1. The normalized spacial score (nSPS) is 17.7. The standard InChI is InChI=1S/C15H14FN3O3/c16-10-3-5-11(6-4-10)19-9-7-12(17-19)14(20)18-8-1-2-13(18)15(21)22/h3-7,9,13H,1-2,8H2,(H,21,22)/t13-/m1/s1. The van der Waals surface area contributed by atoms with Gasteiger partial charge < -0.3 is 10.0 Å². The highest BCUT2D eigenvalue weighted by Crippen LogP contribution is 2.20. The number of aliphatic carboxylic acids is 1. The molecule has 1 N–H and O–H groups in total. The Morgan fingerprint density at radius 2 is 1.95 bits per heavy atom. The molecule has 1 aromatic heterocycles. The molecule has 2 aromatic rings. The maximum Gasteiger partial charge on any atom is 0.326 e. The van der Waals surface area contributed by atoms with Crippen LogP contribution in [-0.4, -0.2) is 44.3 Å². The van der Waals surface area contributed by atoms with E-state index in [1.54, 1.807) is 18.3 Å². The zero-order chi connectivity index (χ0) is 15.7. The SMILES string of the molecule is O=C(O)[C@H]1CCCN1C(=O)c1ccn(-c2ccc(F)cc2)n1. The summed E-state index contributed by atoms with van der Waals surface area (Å²) in [7, 11) is 0. The monoisotopic (exact) mass is 303 g/mol. The van der Waals surface area contributed by atoms with Crippen LogP contribution in [0.1, 0.15) is 23.3 Å². The Balaban J connectivity index is 1.82. The molecule has 1 aliphatic heterocycles. The van der Waals surface area contributed by atoms with Crippen LogP contribution in [0.2, 0.25) is 0 Å². The number of rotatable bonds is 3. The van der Waals surface area contributed by atoms with Gasteiger partial charge in [0.15, 0.2) is 5.69 Å². The first-order valence-electron chi connectivity index (χ1n) is 6.91. The number of amides is 1. The number of carboxylic acids is 1. The van der Waals surface area contributed by atoms with E-state index in [0.29, 0.717) is 25.1 Å². The molecular weight excluding hydrogens is 289 g/mol. The first-order chi connectivity index (χ1) is 10.6. The van der Waals surface area contributed by atoms with Gasteiger partial charge in [0, 0.05) is 12.7 Å². The second-order valence-electron chi connectivity index (χ2n) is 5.12. The van der Waals surface area contributed by atoms with Crippen molar-refractivity contribution >= 4 is 11.9 Å². The number of benzene rings is 1. The van der Waals surface area contributed by atoms with E-state index < -0.39 is 17.9 Å². The average molecular weight is 303 g/mol. The molecule has 22 heavy (non-hydrogen) atoms. The minimum Gasteiger partial charge on any atom is -0.480 e. The Morgan fingerprint density at radius 1 is 1.23 bits per heavy atom. The van der Waals surface area contributed by atoms with Crippen LogP contribution in [0.25, 0.3) is 5.69 Å². The maximum absolute atomic E-state index is 12.9. The summed E-state index contributed by atoms with van der Waals surface area (Å²) in [6, 6.07) is 6.45. The van der Waals surface area contributed by atoms with E-state index in [-0.39, 0.29) is 11.5 Å². The first kappa shape index (κ1) is 14.2. The van der Waals surface area contributed by atoms with E-state index in [9.17, 15) is 14.0 Å². The summed E-state index contributed by atoms with van der Waals surface area (Å²) >= 11 is 0. The van der Waals surface area contributed by atoms with Gasteiger partial charge in [-0.15, -0.1) is 0 Å². The summed E-state index contributed by atoms with van der Waals surface area (Å²) in [4.78, 5) is 24.9. The van der Waals surface area contributed by atoms with Crippen LogP contribution >= 0.6 is 0 Å². The van der Waals surface area contributed by atoms with Gasteiger partial charge in [-0.2, -0.15) is 5.10 Å². The molecule has 1 aliphatic rings. The fourth-order valence-electron chi connectivity index (χ4n) is 2.59. The third-order valence-electron chi connectivity index (χ3n) is 3.70. The molecule has 0 unspecified atom stereocenters. The number of carboxylic acid groups (broad SMARTS) is 1. The fraction of sp³-hybridized carbons (Fsp3) is 0.267. The van der Waals surface area contributed by atoms with Crippen LogP contribution in [0.5, 0.6) is 0 Å². The highest BCUT2D eigenvalue weighted by Gasteiger charge is 2.35. The molecule has 6 nitrogen and oxygen atoms in total. The van der Waals surface area contributed by atoms with Crippen LogP contribution < -0.4 is 0 Å². The quantitative estimate of drug-likeness (QED) is 0.936. The van der Waals surface area contributed by atoms with Crippen molar-refractivity contribution in [3.63, 3.8) is 0 Å². The molecule has 0 bridgehead atoms. The minimum atomic E-state index is -0.996. The van der Waals surface area contributed by atoms with Crippen molar-refractivity contribution in [1.82, 2.24) is 14.7 Å². The van der Waals surface area contributed by atoms with E-state index in [4.69, 9.17) is 5.11 Å². The van der Waals surface area contributed by atoms with Gasteiger partial charge in [0.2, 0.25) is 0 Å². The number of likely N-dealkylation sites (tertiary alicyclic amines) is 1. The minimum absolute atomic E-state index is 0.178. The van der Waals surface area contributed by atoms with Crippen molar-refractivity contribution in [1.29, 1.82) is 0 Å². The van der Waals surface area contributed by atoms with Gasteiger partial charge in [0.25, 0.3) is 5.91 Å². The van der Waals surface area contributed by atoms with Gasteiger partial charge in [-0.25, -0.2) is 13.9 Å². The zero-order valence-electron chi connectivity index (χ0n) is 11.6. The van der Waals surface area contributed by atoms with Crippen molar-refractivity contribution < 1.29 is 19.1 Å². The Morgan fingerprint density at radius 3 is 2.64 bits per heavy atom.